The Morgan fingerprint density at radius 3 is 2.27 bits per heavy atom. The number of hydrogen-bond donors (Lipinski definition) is 2. The molecule has 0 aromatic heterocycles. The molecule has 0 aromatic rings. The third kappa shape index (κ3) is 3.30. The summed E-state index contributed by atoms with van der Waals surface area (Å²) >= 11 is 0. The van der Waals surface area contributed by atoms with Gasteiger partial charge in [0.25, 0.3) is 11.8 Å². The zero-order valence-corrected chi connectivity index (χ0v) is 15.8. The molecule has 3 fully saturated rings. The number of methoxy groups -OCH3 is 2. The number of hydrogen-bond acceptors (Lipinski definition) is 6. The molecule has 11 heteroatoms. The normalized spacial score (nSPS) is 26.1. The van der Waals surface area contributed by atoms with Crippen molar-refractivity contribution in [3.63, 3.8) is 0 Å². The molecule has 2 heterocycles. The Bertz CT molecular complexity index is 621. The van der Waals surface area contributed by atoms with Crippen molar-refractivity contribution in [2.24, 2.45) is 0 Å². The fourth-order valence-corrected chi connectivity index (χ4v) is 4.91. The lowest BCUT2D eigenvalue weighted by molar-refractivity contribution is -0.257. The highest BCUT2D eigenvalue weighted by Gasteiger charge is 2.64. The first-order valence-corrected chi connectivity index (χ1v) is 10.4. The molecular formula is C15H25N2O8P. The van der Waals surface area contributed by atoms with Crippen molar-refractivity contribution in [2.75, 3.05) is 33.5 Å². The van der Waals surface area contributed by atoms with Gasteiger partial charge in [-0.15, -0.1) is 0 Å². The quantitative estimate of drug-likeness (QED) is 0.277. The van der Waals surface area contributed by atoms with Gasteiger partial charge in [0.1, 0.15) is 11.7 Å². The highest BCUT2D eigenvalue weighted by Crippen LogP contribution is 2.47. The van der Waals surface area contributed by atoms with Crippen LogP contribution < -0.4 is 0 Å². The van der Waals surface area contributed by atoms with Gasteiger partial charge >= 0.3 is 13.6 Å². The number of epoxide rings is 1. The molecule has 3 rings (SSSR count). The van der Waals surface area contributed by atoms with Crippen molar-refractivity contribution < 1.29 is 38.2 Å². The van der Waals surface area contributed by atoms with E-state index in [1.165, 1.54) is 4.90 Å². The second-order valence-corrected chi connectivity index (χ2v) is 8.67. The first-order valence-electron chi connectivity index (χ1n) is 8.62. The number of urea groups is 1. The topological polar surface area (TPSA) is 129 Å². The van der Waals surface area contributed by atoms with Crippen LogP contribution in [0.15, 0.2) is 0 Å². The van der Waals surface area contributed by atoms with Crippen LogP contribution in [-0.4, -0.2) is 82.6 Å². The van der Waals surface area contributed by atoms with Crippen LogP contribution in [0.3, 0.4) is 0 Å². The molecule has 1 saturated carbocycles. The molecule has 26 heavy (non-hydrogen) atoms. The summed E-state index contributed by atoms with van der Waals surface area (Å²) in [5.74, 6) is -2.68. The minimum absolute atomic E-state index is 0.119. The van der Waals surface area contributed by atoms with Gasteiger partial charge in [-0.05, 0) is 12.8 Å². The van der Waals surface area contributed by atoms with Gasteiger partial charge in [-0.3, -0.25) is 9.36 Å². The Morgan fingerprint density at radius 1 is 1.23 bits per heavy atom. The lowest BCUT2D eigenvalue weighted by atomic mass is 9.80. The third-order valence-electron chi connectivity index (χ3n) is 5.39. The Kier molecular flexibility index (Phi) is 5.20. The number of amides is 3. The van der Waals surface area contributed by atoms with Gasteiger partial charge in [-0.2, -0.15) is 0 Å². The minimum Gasteiger partial charge on any atom is -0.371 e. The molecule has 3 amide bonds. The van der Waals surface area contributed by atoms with Crippen molar-refractivity contribution >= 4 is 19.5 Å². The van der Waals surface area contributed by atoms with E-state index in [1.807, 2.05) is 0 Å². The summed E-state index contributed by atoms with van der Waals surface area (Å²) in [6, 6.07) is -0.662. The van der Waals surface area contributed by atoms with Gasteiger partial charge < -0.3 is 28.9 Å². The summed E-state index contributed by atoms with van der Waals surface area (Å²) in [5.41, 5.74) is -1.03. The van der Waals surface area contributed by atoms with Crippen molar-refractivity contribution in [2.45, 2.75) is 49.7 Å². The zero-order chi connectivity index (χ0) is 19.2. The summed E-state index contributed by atoms with van der Waals surface area (Å²) in [7, 11) is -2.35. The van der Waals surface area contributed by atoms with Gasteiger partial charge in [0.2, 0.25) is 0 Å². The lowest BCUT2D eigenvalue weighted by Gasteiger charge is -2.38. The average Bonchev–Trinajstić information content (AvgIpc) is 3.39. The Labute approximate surface area is 151 Å². The summed E-state index contributed by atoms with van der Waals surface area (Å²) in [5, 5.41) is 0. The van der Waals surface area contributed by atoms with E-state index in [1.54, 1.807) is 0 Å². The van der Waals surface area contributed by atoms with Crippen LogP contribution in [0.5, 0.6) is 0 Å². The molecule has 1 unspecified atom stereocenters. The van der Waals surface area contributed by atoms with E-state index in [0.717, 1.165) is 38.4 Å². The Morgan fingerprint density at radius 2 is 1.81 bits per heavy atom. The average molecular weight is 392 g/mol. The van der Waals surface area contributed by atoms with E-state index >= 15 is 0 Å². The van der Waals surface area contributed by atoms with Crippen molar-refractivity contribution in [1.82, 2.24) is 9.80 Å². The summed E-state index contributed by atoms with van der Waals surface area (Å²) < 4.78 is 27.3. The first-order chi connectivity index (χ1) is 12.2. The maximum atomic E-state index is 13.4. The number of ether oxygens (including phenoxy) is 3. The van der Waals surface area contributed by atoms with E-state index < -0.39 is 37.1 Å². The minimum atomic E-state index is -4.65. The van der Waals surface area contributed by atoms with Crippen molar-refractivity contribution in [3.8, 4) is 0 Å². The van der Waals surface area contributed by atoms with Crippen LogP contribution >= 0.6 is 7.60 Å². The van der Waals surface area contributed by atoms with Crippen LogP contribution in [0.2, 0.25) is 0 Å². The molecule has 0 aromatic carbocycles. The fourth-order valence-electron chi connectivity index (χ4n) is 3.99. The van der Waals surface area contributed by atoms with Crippen molar-refractivity contribution in [1.29, 1.82) is 0 Å². The second-order valence-electron chi connectivity index (χ2n) is 7.03. The van der Waals surface area contributed by atoms with Crippen molar-refractivity contribution in [3.05, 3.63) is 0 Å². The molecule has 1 aliphatic carbocycles. The van der Waals surface area contributed by atoms with E-state index in [-0.39, 0.29) is 12.6 Å². The maximum absolute atomic E-state index is 13.4. The predicted molar refractivity (Wildman–Crippen MR) is 88.2 cm³/mol. The molecule has 2 N–H and O–H groups in total. The maximum Gasteiger partial charge on any atom is 0.333 e. The molecule has 10 nitrogen and oxygen atoms in total. The van der Waals surface area contributed by atoms with E-state index in [0.29, 0.717) is 19.4 Å². The van der Waals surface area contributed by atoms with Crippen LogP contribution in [0.4, 0.5) is 4.79 Å². The van der Waals surface area contributed by atoms with Gasteiger partial charge in [-0.1, -0.05) is 19.3 Å². The molecule has 1 spiro atoms. The Hall–Kier alpha value is -1.03. The summed E-state index contributed by atoms with van der Waals surface area (Å²) in [6.45, 7) is 0.788. The summed E-state index contributed by atoms with van der Waals surface area (Å²) in [6.07, 6.45) is 2.50. The smallest absolute Gasteiger partial charge is 0.333 e. The molecule has 2 aliphatic heterocycles. The fraction of sp³-hybridized carbons (Fsp3) is 0.867. The standard InChI is InChI=1S/C15H25N2O8P/c1-23-15(24-2,10-26(20,21)22)17-12(18)14(6-4-3-5-7-14)16(13(17)19)8-11-9-25-11/h11H,3-10H2,1-2H3,(H2,20,21,22). The molecule has 0 radical (unpaired) electrons. The molecular weight excluding hydrogens is 367 g/mol. The SMILES string of the molecule is COC(CP(=O)(O)O)(OC)N1C(=O)N(CC2CO2)C2(CCCCC2)C1=O. The third-order valence-corrected chi connectivity index (χ3v) is 6.21. The van der Waals surface area contributed by atoms with Crippen LogP contribution in [0, 0.1) is 0 Å². The second kappa shape index (κ2) is 6.85. The largest absolute Gasteiger partial charge is 0.371 e. The lowest BCUT2D eigenvalue weighted by Crippen LogP contribution is -2.58. The molecule has 3 aliphatic rings. The van der Waals surface area contributed by atoms with Crippen LogP contribution in [-0.2, 0) is 23.6 Å². The van der Waals surface area contributed by atoms with E-state index in [9.17, 15) is 23.9 Å². The number of imide groups is 1. The highest BCUT2D eigenvalue weighted by atomic mass is 31.2. The Balaban J connectivity index is 2.01. The van der Waals surface area contributed by atoms with Gasteiger partial charge in [0, 0.05) is 14.2 Å². The zero-order valence-electron chi connectivity index (χ0n) is 14.9. The van der Waals surface area contributed by atoms with Gasteiger partial charge in [-0.25, -0.2) is 9.69 Å². The monoisotopic (exact) mass is 392 g/mol. The molecule has 148 valence electrons. The van der Waals surface area contributed by atoms with E-state index in [2.05, 4.69) is 0 Å². The predicted octanol–water partition coefficient (Wildman–Crippen LogP) is 0.477. The highest BCUT2D eigenvalue weighted by molar-refractivity contribution is 7.51. The summed E-state index contributed by atoms with van der Waals surface area (Å²) in [4.78, 5) is 47.6. The van der Waals surface area contributed by atoms with Gasteiger partial charge in [0.05, 0.1) is 19.3 Å². The molecule has 0 bridgehead atoms. The number of rotatable bonds is 7. The number of carbonyl (C=O) groups is 2. The first kappa shape index (κ1) is 19.7. The van der Waals surface area contributed by atoms with Crippen LogP contribution in [0.1, 0.15) is 32.1 Å². The molecule has 2 saturated heterocycles. The van der Waals surface area contributed by atoms with E-state index in [4.69, 9.17) is 14.2 Å². The van der Waals surface area contributed by atoms with Crippen LogP contribution in [0.25, 0.3) is 0 Å². The number of nitrogens with zero attached hydrogens (tertiary/aromatic N) is 2. The molecule has 1 atom stereocenters. The van der Waals surface area contributed by atoms with Gasteiger partial charge in [0.15, 0.2) is 0 Å². The number of carbonyl (C=O) groups excluding carboxylic acids is 2.